The van der Waals surface area contributed by atoms with Crippen molar-refractivity contribution in [3.8, 4) is 5.75 Å². The summed E-state index contributed by atoms with van der Waals surface area (Å²) in [7, 11) is 0. The minimum absolute atomic E-state index is 0.175. The van der Waals surface area contributed by atoms with Crippen LogP contribution in [0.5, 0.6) is 5.75 Å². The van der Waals surface area contributed by atoms with Gasteiger partial charge < -0.3 is 19.9 Å². The van der Waals surface area contributed by atoms with E-state index in [1.165, 1.54) is 6.07 Å². The first-order valence-corrected chi connectivity index (χ1v) is 8.86. The first-order valence-electron chi connectivity index (χ1n) is 8.45. The van der Waals surface area contributed by atoms with Crippen LogP contribution in [0.3, 0.4) is 0 Å². The molecule has 0 atom stereocenters. The van der Waals surface area contributed by atoms with Gasteiger partial charge in [-0.3, -0.25) is 0 Å². The highest BCUT2D eigenvalue weighted by Gasteiger charge is 2.20. The average molecular weight is 359 g/mol. The molecule has 0 amide bonds. The molecule has 0 spiro atoms. The maximum atomic E-state index is 13.9. The van der Waals surface area contributed by atoms with E-state index in [1.807, 2.05) is 43.3 Å². The second-order valence-electron chi connectivity index (χ2n) is 5.81. The van der Waals surface area contributed by atoms with E-state index in [2.05, 4.69) is 15.1 Å². The molecular weight excluding hydrogens is 337 g/mol. The van der Waals surface area contributed by atoms with Crippen LogP contribution in [-0.2, 0) is 0 Å². The predicted molar refractivity (Wildman–Crippen MR) is 104 cm³/mol. The van der Waals surface area contributed by atoms with Gasteiger partial charge >= 0.3 is 0 Å². The largest absolute Gasteiger partial charge is 0.494 e. The number of nitrogens with one attached hydrogen (secondary N) is 1. The van der Waals surface area contributed by atoms with Crippen LogP contribution in [0.4, 0.5) is 15.8 Å². The van der Waals surface area contributed by atoms with E-state index in [4.69, 9.17) is 17.0 Å². The summed E-state index contributed by atoms with van der Waals surface area (Å²) in [5, 5.41) is 3.95. The quantitative estimate of drug-likeness (QED) is 0.840. The summed E-state index contributed by atoms with van der Waals surface area (Å²) in [4.78, 5) is 4.18. The minimum Gasteiger partial charge on any atom is -0.494 e. The average Bonchev–Trinajstić information content (AvgIpc) is 2.64. The Balaban J connectivity index is 1.54. The molecular formula is C19H22FN3OS. The number of ether oxygens (including phenoxy) is 1. The Kier molecular flexibility index (Phi) is 5.71. The van der Waals surface area contributed by atoms with Crippen molar-refractivity contribution in [2.24, 2.45) is 0 Å². The third kappa shape index (κ3) is 4.39. The van der Waals surface area contributed by atoms with E-state index < -0.39 is 0 Å². The van der Waals surface area contributed by atoms with Crippen LogP contribution in [0.2, 0.25) is 0 Å². The van der Waals surface area contributed by atoms with Gasteiger partial charge in [-0.25, -0.2) is 4.39 Å². The number of hydrogen-bond donors (Lipinski definition) is 1. The lowest BCUT2D eigenvalue weighted by molar-refractivity contribution is 0.340. The number of hydrogen-bond acceptors (Lipinski definition) is 3. The van der Waals surface area contributed by atoms with Gasteiger partial charge in [-0.05, 0) is 55.5 Å². The van der Waals surface area contributed by atoms with Gasteiger partial charge in [-0.2, -0.15) is 0 Å². The number of rotatable bonds is 4. The zero-order chi connectivity index (χ0) is 17.6. The van der Waals surface area contributed by atoms with Gasteiger partial charge in [0.15, 0.2) is 5.11 Å². The monoisotopic (exact) mass is 359 g/mol. The van der Waals surface area contributed by atoms with Crippen molar-refractivity contribution >= 4 is 28.7 Å². The second kappa shape index (κ2) is 8.16. The molecule has 1 heterocycles. The van der Waals surface area contributed by atoms with Crippen LogP contribution >= 0.6 is 12.2 Å². The third-order valence-corrected chi connectivity index (χ3v) is 4.54. The van der Waals surface area contributed by atoms with Crippen LogP contribution < -0.4 is 15.0 Å². The molecule has 1 aliphatic heterocycles. The Hall–Kier alpha value is -2.34. The Morgan fingerprint density at radius 1 is 1.08 bits per heavy atom. The molecule has 0 aromatic heterocycles. The number of anilines is 2. The standard InChI is InChI=1S/C19H22FN3OS/c1-2-24-16-9-7-15(8-10-16)21-19(25)23-13-11-22(12-14-23)18-6-4-3-5-17(18)20/h3-10H,2,11-14H2,1H3,(H,21,25). The molecule has 1 fully saturated rings. The summed E-state index contributed by atoms with van der Waals surface area (Å²) in [5.74, 6) is 0.670. The summed E-state index contributed by atoms with van der Waals surface area (Å²) < 4.78 is 19.3. The molecule has 0 bridgehead atoms. The molecule has 2 aromatic rings. The third-order valence-electron chi connectivity index (χ3n) is 4.18. The zero-order valence-corrected chi connectivity index (χ0v) is 15.1. The highest BCUT2D eigenvalue weighted by atomic mass is 32.1. The number of benzene rings is 2. The summed E-state index contributed by atoms with van der Waals surface area (Å²) in [6.45, 7) is 5.62. The molecule has 132 valence electrons. The minimum atomic E-state index is -0.175. The summed E-state index contributed by atoms with van der Waals surface area (Å²) in [6.07, 6.45) is 0. The van der Waals surface area contributed by atoms with Crippen LogP contribution in [0.1, 0.15) is 6.92 Å². The SMILES string of the molecule is CCOc1ccc(NC(=S)N2CCN(c3ccccc3F)CC2)cc1. The maximum Gasteiger partial charge on any atom is 0.173 e. The van der Waals surface area contributed by atoms with E-state index in [-0.39, 0.29) is 5.82 Å². The maximum absolute atomic E-state index is 13.9. The van der Waals surface area contributed by atoms with E-state index >= 15 is 0 Å². The zero-order valence-electron chi connectivity index (χ0n) is 14.2. The predicted octanol–water partition coefficient (Wildman–Crippen LogP) is 3.74. The Morgan fingerprint density at radius 3 is 2.40 bits per heavy atom. The van der Waals surface area contributed by atoms with Crippen LogP contribution in [-0.4, -0.2) is 42.8 Å². The van der Waals surface area contributed by atoms with Gasteiger partial charge in [0.1, 0.15) is 11.6 Å². The topological polar surface area (TPSA) is 27.7 Å². The van der Waals surface area contributed by atoms with E-state index in [0.29, 0.717) is 17.4 Å². The molecule has 4 nitrogen and oxygen atoms in total. The Morgan fingerprint density at radius 2 is 1.76 bits per heavy atom. The highest BCUT2D eigenvalue weighted by Crippen LogP contribution is 2.21. The number of nitrogens with zero attached hydrogens (tertiary/aromatic N) is 2. The number of halogens is 1. The lowest BCUT2D eigenvalue weighted by Crippen LogP contribution is -2.50. The van der Waals surface area contributed by atoms with E-state index in [9.17, 15) is 4.39 Å². The molecule has 0 saturated carbocycles. The fraction of sp³-hybridized carbons (Fsp3) is 0.316. The molecule has 0 unspecified atom stereocenters. The molecule has 2 aromatic carbocycles. The van der Waals surface area contributed by atoms with Gasteiger partial charge in [-0.1, -0.05) is 12.1 Å². The Labute approximate surface area is 153 Å². The first-order chi connectivity index (χ1) is 12.2. The number of thiocarbonyl (C=S) groups is 1. The van der Waals surface area contributed by atoms with Crippen molar-refractivity contribution in [2.75, 3.05) is 43.0 Å². The normalized spacial score (nSPS) is 14.3. The van der Waals surface area contributed by atoms with Crippen LogP contribution in [0.25, 0.3) is 0 Å². The molecule has 1 aliphatic rings. The van der Waals surface area contributed by atoms with Gasteiger partial charge in [0.2, 0.25) is 0 Å². The molecule has 25 heavy (non-hydrogen) atoms. The van der Waals surface area contributed by atoms with Crippen molar-refractivity contribution in [3.63, 3.8) is 0 Å². The molecule has 6 heteroatoms. The van der Waals surface area contributed by atoms with Crippen LogP contribution in [0, 0.1) is 5.82 Å². The molecule has 3 rings (SSSR count). The highest BCUT2D eigenvalue weighted by molar-refractivity contribution is 7.80. The first kappa shape index (κ1) is 17.5. The Bertz CT molecular complexity index is 715. The van der Waals surface area contributed by atoms with Crippen molar-refractivity contribution in [1.29, 1.82) is 0 Å². The smallest absolute Gasteiger partial charge is 0.173 e. The molecule has 1 saturated heterocycles. The second-order valence-corrected chi connectivity index (χ2v) is 6.20. The van der Waals surface area contributed by atoms with Gasteiger partial charge in [0.25, 0.3) is 0 Å². The van der Waals surface area contributed by atoms with E-state index in [1.54, 1.807) is 6.07 Å². The lowest BCUT2D eigenvalue weighted by atomic mass is 10.2. The molecule has 1 N–H and O–H groups in total. The van der Waals surface area contributed by atoms with Gasteiger partial charge in [0, 0.05) is 31.9 Å². The summed E-state index contributed by atoms with van der Waals surface area (Å²) in [5.41, 5.74) is 1.59. The van der Waals surface area contributed by atoms with Crippen molar-refractivity contribution in [1.82, 2.24) is 4.90 Å². The van der Waals surface area contributed by atoms with Crippen molar-refractivity contribution in [2.45, 2.75) is 6.92 Å². The van der Waals surface area contributed by atoms with Crippen molar-refractivity contribution in [3.05, 3.63) is 54.3 Å². The number of piperazine rings is 1. The fourth-order valence-corrected chi connectivity index (χ4v) is 3.16. The molecule has 0 aliphatic carbocycles. The van der Waals surface area contributed by atoms with Gasteiger partial charge in [0.05, 0.1) is 12.3 Å². The lowest BCUT2D eigenvalue weighted by Gasteiger charge is -2.37. The molecule has 0 radical (unpaired) electrons. The van der Waals surface area contributed by atoms with Gasteiger partial charge in [-0.15, -0.1) is 0 Å². The van der Waals surface area contributed by atoms with Crippen LogP contribution in [0.15, 0.2) is 48.5 Å². The fourth-order valence-electron chi connectivity index (χ4n) is 2.86. The summed E-state index contributed by atoms with van der Waals surface area (Å²) in [6, 6.07) is 14.6. The summed E-state index contributed by atoms with van der Waals surface area (Å²) >= 11 is 5.51. The number of para-hydroxylation sites is 1. The van der Waals surface area contributed by atoms with Crippen molar-refractivity contribution < 1.29 is 9.13 Å². The van der Waals surface area contributed by atoms with E-state index in [0.717, 1.165) is 37.6 Å².